The van der Waals surface area contributed by atoms with E-state index in [2.05, 4.69) is 24.0 Å². The lowest BCUT2D eigenvalue weighted by Gasteiger charge is -2.44. The van der Waals surface area contributed by atoms with Crippen molar-refractivity contribution in [2.24, 2.45) is 13.0 Å². The van der Waals surface area contributed by atoms with Crippen molar-refractivity contribution in [2.75, 3.05) is 20.3 Å². The molecule has 0 spiro atoms. The van der Waals surface area contributed by atoms with E-state index in [-0.39, 0.29) is 36.7 Å². The van der Waals surface area contributed by atoms with Crippen molar-refractivity contribution in [3.63, 3.8) is 0 Å². The molecule has 10 heteroatoms. The molecular weight excluding hydrogens is 514 g/mol. The summed E-state index contributed by atoms with van der Waals surface area (Å²) in [6, 6.07) is 13.6. The molecule has 0 radical (unpaired) electrons. The highest BCUT2D eigenvalue weighted by Gasteiger charge is 2.40. The number of carboxylic acid groups (broad SMARTS) is 1. The Labute approximate surface area is 232 Å². The number of methoxy groups -OCH3 is 1. The number of rotatable bonds is 11. The summed E-state index contributed by atoms with van der Waals surface area (Å²) < 4.78 is 19.7. The Bertz CT molecular complexity index is 1510. The van der Waals surface area contributed by atoms with Crippen molar-refractivity contribution < 1.29 is 24.1 Å². The fraction of sp³-hybridized carbons (Fsp3) is 0.433. The molecule has 2 aliphatic rings. The molecule has 0 bridgehead atoms. The number of hydrogen-bond acceptors (Lipinski definition) is 7. The predicted molar refractivity (Wildman–Crippen MR) is 148 cm³/mol. The first-order valence-corrected chi connectivity index (χ1v) is 13.6. The molecular formula is C30H35N3O7. The third kappa shape index (κ3) is 5.62. The molecule has 2 aromatic carbocycles. The first kappa shape index (κ1) is 27.5. The Morgan fingerprint density at radius 2 is 1.95 bits per heavy atom. The van der Waals surface area contributed by atoms with Gasteiger partial charge in [0.25, 0.3) is 5.56 Å². The summed E-state index contributed by atoms with van der Waals surface area (Å²) in [6.07, 6.45) is 3.57. The normalized spacial score (nSPS) is 18.5. The summed E-state index contributed by atoms with van der Waals surface area (Å²) >= 11 is 0. The minimum Gasteiger partial charge on any atom is -0.493 e. The monoisotopic (exact) mass is 549 g/mol. The van der Waals surface area contributed by atoms with Gasteiger partial charge in [-0.25, -0.2) is 4.79 Å². The fourth-order valence-electron chi connectivity index (χ4n) is 5.51. The average Bonchev–Trinajstić information content (AvgIpc) is 3.39. The van der Waals surface area contributed by atoms with Crippen LogP contribution >= 0.6 is 0 Å². The second kappa shape index (κ2) is 11.6. The largest absolute Gasteiger partial charge is 0.493 e. The van der Waals surface area contributed by atoms with E-state index in [9.17, 15) is 19.5 Å². The maximum Gasteiger partial charge on any atom is 0.330 e. The van der Waals surface area contributed by atoms with Crippen LogP contribution in [0.2, 0.25) is 0 Å². The second-order valence-corrected chi connectivity index (χ2v) is 10.5. The van der Waals surface area contributed by atoms with Crippen molar-refractivity contribution in [3.05, 3.63) is 86.2 Å². The lowest BCUT2D eigenvalue weighted by atomic mass is 9.78. The number of carbonyl (C=O) groups is 1. The molecule has 1 N–H and O–H groups in total. The van der Waals surface area contributed by atoms with Gasteiger partial charge in [0.2, 0.25) is 0 Å². The number of ether oxygens (including phenoxy) is 3. The molecule has 1 unspecified atom stereocenters. The van der Waals surface area contributed by atoms with Gasteiger partial charge in [-0.15, -0.1) is 0 Å². The molecule has 1 aromatic heterocycles. The molecule has 1 saturated carbocycles. The van der Waals surface area contributed by atoms with Gasteiger partial charge in [-0.1, -0.05) is 18.2 Å². The number of nitrogens with zero attached hydrogens (tertiary/aromatic N) is 3. The fourth-order valence-corrected chi connectivity index (χ4v) is 5.51. The second-order valence-electron chi connectivity index (χ2n) is 10.5. The van der Waals surface area contributed by atoms with E-state index in [0.717, 1.165) is 22.3 Å². The number of hydrogen-bond donors (Lipinski definition) is 1. The van der Waals surface area contributed by atoms with E-state index in [1.54, 1.807) is 14.2 Å². The van der Waals surface area contributed by atoms with Crippen molar-refractivity contribution in [2.45, 2.75) is 51.4 Å². The van der Waals surface area contributed by atoms with Crippen molar-refractivity contribution in [1.29, 1.82) is 0 Å². The molecule has 3 aromatic rings. The number of aryl methyl sites for hydroxylation is 1. The van der Waals surface area contributed by atoms with E-state index < -0.39 is 11.7 Å². The minimum absolute atomic E-state index is 0.0689. The quantitative estimate of drug-likeness (QED) is 0.389. The van der Waals surface area contributed by atoms with Crippen LogP contribution in [0.25, 0.3) is 0 Å². The maximum atomic E-state index is 12.3. The molecule has 5 rings (SSSR count). The molecule has 0 saturated heterocycles. The Morgan fingerprint density at radius 1 is 1.15 bits per heavy atom. The first-order valence-electron chi connectivity index (χ1n) is 13.6. The van der Waals surface area contributed by atoms with Gasteiger partial charge in [-0.2, -0.15) is 0 Å². The highest BCUT2D eigenvalue weighted by atomic mass is 16.5. The maximum absolute atomic E-state index is 12.3. The van der Waals surface area contributed by atoms with Gasteiger partial charge in [-0.3, -0.25) is 19.1 Å². The summed E-state index contributed by atoms with van der Waals surface area (Å²) in [6.45, 7) is 3.71. The minimum atomic E-state index is -0.739. The van der Waals surface area contributed by atoms with Crippen LogP contribution in [0.4, 0.5) is 0 Å². The van der Waals surface area contributed by atoms with E-state index in [1.165, 1.54) is 28.0 Å². The molecule has 2 heterocycles. The lowest BCUT2D eigenvalue weighted by Crippen LogP contribution is -2.47. The standard InChI is InChI=1S/C30H35N3O7/c1-19(21-5-7-25-22(15-21)9-12-39-25)33(24-16-23(17-24)29(35)36)18-20-4-6-26(27(14-20)38-3)40-13-11-32-28(34)8-10-31(2)30(32)37/h4-8,10,14-15,19,23-24H,9,11-13,16-18H2,1-3H3,(H,35,36)/t19?,23-,24+. The van der Waals surface area contributed by atoms with Gasteiger partial charge in [0.15, 0.2) is 11.5 Å². The zero-order valence-electron chi connectivity index (χ0n) is 23.0. The van der Waals surface area contributed by atoms with Gasteiger partial charge >= 0.3 is 11.7 Å². The molecule has 1 fully saturated rings. The Hall–Kier alpha value is -4.05. The van der Waals surface area contributed by atoms with Gasteiger partial charge < -0.3 is 23.9 Å². The van der Waals surface area contributed by atoms with Crippen LogP contribution in [0.15, 0.2) is 58.3 Å². The summed E-state index contributed by atoms with van der Waals surface area (Å²) in [7, 11) is 3.16. The smallest absolute Gasteiger partial charge is 0.330 e. The van der Waals surface area contributed by atoms with Crippen LogP contribution < -0.4 is 25.5 Å². The third-order valence-corrected chi connectivity index (χ3v) is 8.03. The SMILES string of the molecule is COc1cc(CN(C(C)c2ccc3c(c2)CCO3)[C@H]2C[C@@H](C(=O)O)C2)ccc1OCCn1c(=O)ccn(C)c1=O. The van der Waals surface area contributed by atoms with Gasteiger partial charge in [-0.05, 0) is 54.7 Å². The molecule has 212 valence electrons. The Morgan fingerprint density at radius 3 is 2.70 bits per heavy atom. The van der Waals surface area contributed by atoms with Crippen LogP contribution in [0, 0.1) is 5.92 Å². The summed E-state index contributed by atoms with van der Waals surface area (Å²) in [5.74, 6) is 0.949. The van der Waals surface area contributed by atoms with E-state index >= 15 is 0 Å². The average molecular weight is 550 g/mol. The topological polar surface area (TPSA) is 112 Å². The predicted octanol–water partition coefficient (Wildman–Crippen LogP) is 3.00. The van der Waals surface area contributed by atoms with Crippen molar-refractivity contribution in [1.82, 2.24) is 14.0 Å². The van der Waals surface area contributed by atoms with Gasteiger partial charge in [0.05, 0.1) is 26.2 Å². The number of benzene rings is 2. The van der Waals surface area contributed by atoms with Crippen LogP contribution in [-0.2, 0) is 31.4 Å². The Kier molecular flexibility index (Phi) is 7.97. The molecule has 1 aliphatic carbocycles. The van der Waals surface area contributed by atoms with Gasteiger partial charge in [0.1, 0.15) is 12.4 Å². The first-order chi connectivity index (χ1) is 19.2. The van der Waals surface area contributed by atoms with Crippen molar-refractivity contribution in [3.8, 4) is 17.2 Å². The molecule has 1 atom stereocenters. The van der Waals surface area contributed by atoms with E-state index in [0.29, 0.717) is 37.5 Å². The third-order valence-electron chi connectivity index (χ3n) is 8.03. The molecule has 0 amide bonds. The van der Waals surface area contributed by atoms with Crippen LogP contribution in [0.1, 0.15) is 42.5 Å². The van der Waals surface area contributed by atoms with Gasteiger partial charge in [0, 0.05) is 44.4 Å². The number of fused-ring (bicyclic) bond motifs is 1. The number of aliphatic carboxylic acids is 1. The van der Waals surface area contributed by atoms with Crippen molar-refractivity contribution >= 4 is 5.97 Å². The summed E-state index contributed by atoms with van der Waals surface area (Å²) in [4.78, 5) is 38.2. The zero-order valence-corrected chi connectivity index (χ0v) is 23.0. The van der Waals surface area contributed by atoms with E-state index in [4.69, 9.17) is 14.2 Å². The molecule has 1 aliphatic heterocycles. The molecule has 10 nitrogen and oxygen atoms in total. The lowest BCUT2D eigenvalue weighted by molar-refractivity contribution is -0.147. The highest BCUT2D eigenvalue weighted by molar-refractivity contribution is 5.71. The Balaban J connectivity index is 1.32. The zero-order chi connectivity index (χ0) is 28.4. The van der Waals surface area contributed by atoms with E-state index in [1.807, 2.05) is 24.3 Å². The van der Waals surface area contributed by atoms with Crippen LogP contribution in [0.5, 0.6) is 17.2 Å². The summed E-state index contributed by atoms with van der Waals surface area (Å²) in [5, 5.41) is 9.47. The van der Waals surface area contributed by atoms with Crippen LogP contribution in [0.3, 0.4) is 0 Å². The van der Waals surface area contributed by atoms with Crippen LogP contribution in [-0.4, -0.2) is 51.5 Å². The summed E-state index contributed by atoms with van der Waals surface area (Å²) in [5.41, 5.74) is 2.62. The highest BCUT2D eigenvalue weighted by Crippen LogP contribution is 2.39. The number of carboxylic acids is 1. The number of aromatic nitrogens is 2. The molecule has 40 heavy (non-hydrogen) atoms.